The van der Waals surface area contributed by atoms with E-state index in [1.807, 2.05) is 43.4 Å². The van der Waals surface area contributed by atoms with Gasteiger partial charge in [-0.3, -0.25) is 10.3 Å². The van der Waals surface area contributed by atoms with Crippen molar-refractivity contribution in [2.24, 2.45) is 0 Å². The molecule has 5 heteroatoms. The average molecular weight is 352 g/mol. The van der Waals surface area contributed by atoms with Crippen LogP contribution in [0.5, 0.6) is 11.5 Å². The van der Waals surface area contributed by atoms with Gasteiger partial charge in [0.05, 0.1) is 19.4 Å². The van der Waals surface area contributed by atoms with Gasteiger partial charge < -0.3 is 14.8 Å². The Labute approximate surface area is 153 Å². The van der Waals surface area contributed by atoms with E-state index in [1.54, 1.807) is 7.11 Å². The quantitative estimate of drug-likeness (QED) is 0.564. The molecule has 136 valence electrons. The van der Waals surface area contributed by atoms with Gasteiger partial charge in [-0.2, -0.15) is 0 Å². The van der Waals surface area contributed by atoms with Crippen LogP contribution in [0.15, 0.2) is 54.1 Å². The van der Waals surface area contributed by atoms with Crippen molar-refractivity contribution >= 4 is 5.70 Å². The largest absolute Gasteiger partial charge is 0.497 e. The fourth-order valence-electron chi connectivity index (χ4n) is 3.47. The maximum atomic E-state index is 6.45. The van der Waals surface area contributed by atoms with Crippen molar-refractivity contribution in [2.45, 2.75) is 18.4 Å². The Morgan fingerprint density at radius 3 is 2.77 bits per heavy atom. The first-order valence-corrected chi connectivity index (χ1v) is 8.97. The van der Waals surface area contributed by atoms with E-state index in [0.717, 1.165) is 47.7 Å². The number of ether oxygens (including phenoxy) is 2. The molecule has 1 saturated carbocycles. The first-order chi connectivity index (χ1) is 12.8. The number of benzene rings is 2. The van der Waals surface area contributed by atoms with E-state index < -0.39 is 5.60 Å². The zero-order chi connectivity index (χ0) is 18.0. The predicted molar refractivity (Wildman–Crippen MR) is 101 cm³/mol. The Balaban J connectivity index is 1.65. The normalized spacial score (nSPS) is 20.1. The molecule has 2 aromatic carbocycles. The van der Waals surface area contributed by atoms with Crippen LogP contribution in [0.25, 0.3) is 5.70 Å². The number of hydrogen-bond donors (Lipinski definition) is 2. The summed E-state index contributed by atoms with van der Waals surface area (Å²) in [6.45, 7) is 1.57. The zero-order valence-corrected chi connectivity index (χ0v) is 15.2. The molecule has 0 amide bonds. The first kappa shape index (κ1) is 16.9. The van der Waals surface area contributed by atoms with Crippen LogP contribution >= 0.6 is 0 Å². The molecule has 1 atom stereocenters. The smallest absolute Gasteiger partial charge is 0.162 e. The van der Waals surface area contributed by atoms with E-state index in [1.165, 1.54) is 5.57 Å². The molecule has 2 N–H and O–H groups in total. The maximum Gasteiger partial charge on any atom is 0.162 e. The first-order valence-electron chi connectivity index (χ1n) is 8.97. The lowest BCUT2D eigenvalue weighted by Crippen LogP contribution is -2.25. The topological polar surface area (TPSA) is 51.8 Å². The molecule has 2 aromatic rings. The Bertz CT molecular complexity index is 819. The fourth-order valence-corrected chi connectivity index (χ4v) is 3.47. The van der Waals surface area contributed by atoms with Gasteiger partial charge in [-0.25, -0.2) is 0 Å². The van der Waals surface area contributed by atoms with Crippen molar-refractivity contribution < 1.29 is 14.3 Å². The molecule has 2 aliphatic rings. The van der Waals surface area contributed by atoms with E-state index in [9.17, 15) is 0 Å². The van der Waals surface area contributed by atoms with Gasteiger partial charge in [0.1, 0.15) is 11.5 Å². The summed E-state index contributed by atoms with van der Waals surface area (Å²) < 4.78 is 11.8. The van der Waals surface area contributed by atoms with Gasteiger partial charge in [0, 0.05) is 29.2 Å². The SMILES string of the molecule is CNCCCONC1=C2CC2(c2ccccc2)Oc2cc(OC)ccc21. The third kappa shape index (κ3) is 2.93. The van der Waals surface area contributed by atoms with Crippen LogP contribution in [0.4, 0.5) is 0 Å². The third-order valence-electron chi connectivity index (χ3n) is 4.92. The van der Waals surface area contributed by atoms with Crippen molar-refractivity contribution in [2.75, 3.05) is 27.3 Å². The van der Waals surface area contributed by atoms with Crippen LogP contribution in [-0.2, 0) is 10.4 Å². The van der Waals surface area contributed by atoms with Crippen molar-refractivity contribution in [1.29, 1.82) is 0 Å². The summed E-state index contributed by atoms with van der Waals surface area (Å²) in [6.07, 6.45) is 1.80. The molecule has 5 nitrogen and oxygen atoms in total. The molecular formula is C21H24N2O3. The molecule has 1 fully saturated rings. The molecule has 26 heavy (non-hydrogen) atoms. The highest BCUT2D eigenvalue weighted by Crippen LogP contribution is 2.61. The second kappa shape index (κ2) is 7.02. The van der Waals surface area contributed by atoms with Crippen LogP contribution in [0.1, 0.15) is 24.0 Å². The van der Waals surface area contributed by atoms with Gasteiger partial charge in [-0.1, -0.05) is 30.3 Å². The average Bonchev–Trinajstić information content (AvgIpc) is 3.42. The summed E-state index contributed by atoms with van der Waals surface area (Å²) in [4.78, 5) is 5.73. The van der Waals surface area contributed by atoms with E-state index in [-0.39, 0.29) is 0 Å². The summed E-state index contributed by atoms with van der Waals surface area (Å²) in [7, 11) is 3.61. The van der Waals surface area contributed by atoms with Crippen LogP contribution in [0.2, 0.25) is 0 Å². The van der Waals surface area contributed by atoms with E-state index in [2.05, 4.69) is 22.9 Å². The molecule has 1 aliphatic heterocycles. The highest BCUT2D eigenvalue weighted by molar-refractivity contribution is 5.80. The van der Waals surface area contributed by atoms with Gasteiger partial charge in [0.25, 0.3) is 0 Å². The third-order valence-corrected chi connectivity index (χ3v) is 4.92. The minimum absolute atomic E-state index is 0.392. The van der Waals surface area contributed by atoms with Crippen molar-refractivity contribution in [3.63, 3.8) is 0 Å². The van der Waals surface area contributed by atoms with Crippen molar-refractivity contribution in [3.05, 3.63) is 65.2 Å². The van der Waals surface area contributed by atoms with Gasteiger partial charge >= 0.3 is 0 Å². The predicted octanol–water partition coefficient (Wildman–Crippen LogP) is 3.23. The van der Waals surface area contributed by atoms with Gasteiger partial charge in [0.15, 0.2) is 5.60 Å². The van der Waals surface area contributed by atoms with Gasteiger partial charge in [0.2, 0.25) is 0 Å². The lowest BCUT2D eigenvalue weighted by Gasteiger charge is -2.27. The Hall–Kier alpha value is -2.50. The Morgan fingerprint density at radius 2 is 2.00 bits per heavy atom. The molecule has 1 heterocycles. The molecule has 4 rings (SSSR count). The number of nitrogens with one attached hydrogen (secondary N) is 2. The molecule has 0 bridgehead atoms. The Morgan fingerprint density at radius 1 is 1.15 bits per heavy atom. The van der Waals surface area contributed by atoms with Gasteiger partial charge in [-0.05, 0) is 32.1 Å². The molecule has 1 aliphatic carbocycles. The van der Waals surface area contributed by atoms with E-state index in [0.29, 0.717) is 6.61 Å². The highest BCUT2D eigenvalue weighted by atomic mass is 16.6. The maximum absolute atomic E-state index is 6.45. The molecule has 0 aromatic heterocycles. The van der Waals surface area contributed by atoms with E-state index >= 15 is 0 Å². The van der Waals surface area contributed by atoms with Gasteiger partial charge in [-0.15, -0.1) is 0 Å². The monoisotopic (exact) mass is 352 g/mol. The van der Waals surface area contributed by atoms with Crippen molar-refractivity contribution in [3.8, 4) is 11.5 Å². The molecule has 0 spiro atoms. The lowest BCUT2D eigenvalue weighted by atomic mass is 10.0. The minimum Gasteiger partial charge on any atom is -0.497 e. The number of rotatable bonds is 8. The second-order valence-electron chi connectivity index (χ2n) is 6.60. The fraction of sp³-hybridized carbons (Fsp3) is 0.333. The molecule has 0 saturated heterocycles. The molecule has 1 unspecified atom stereocenters. The minimum atomic E-state index is -0.392. The summed E-state index contributed by atoms with van der Waals surface area (Å²) in [5, 5.41) is 3.13. The summed E-state index contributed by atoms with van der Waals surface area (Å²) in [6, 6.07) is 16.3. The van der Waals surface area contributed by atoms with Crippen LogP contribution in [0, 0.1) is 0 Å². The lowest BCUT2D eigenvalue weighted by molar-refractivity contribution is 0.0748. The molecule has 0 radical (unpaired) electrons. The Kier molecular flexibility index (Phi) is 4.57. The number of methoxy groups -OCH3 is 1. The highest BCUT2D eigenvalue weighted by Gasteiger charge is 2.58. The van der Waals surface area contributed by atoms with E-state index in [4.69, 9.17) is 14.3 Å². The second-order valence-corrected chi connectivity index (χ2v) is 6.60. The summed E-state index contributed by atoms with van der Waals surface area (Å²) in [5.74, 6) is 1.60. The standard InChI is InChI=1S/C21H24N2O3/c1-22-11-6-12-25-23-20-17-10-9-16(24-2)13-19(17)26-21(14-18(20)21)15-7-4-3-5-8-15/h3-5,7-10,13,22-23H,6,11-12,14H2,1-2H3. The number of fused-ring (bicyclic) bond motifs is 2. The van der Waals surface area contributed by atoms with Crippen LogP contribution in [-0.4, -0.2) is 27.3 Å². The molecular weight excluding hydrogens is 328 g/mol. The number of hydrogen-bond acceptors (Lipinski definition) is 5. The van der Waals surface area contributed by atoms with Crippen LogP contribution < -0.4 is 20.3 Å². The van der Waals surface area contributed by atoms with Crippen LogP contribution in [0.3, 0.4) is 0 Å². The summed E-state index contributed by atoms with van der Waals surface area (Å²) in [5.41, 5.74) is 7.22. The van der Waals surface area contributed by atoms with Crippen molar-refractivity contribution in [1.82, 2.24) is 10.8 Å². The number of hydroxylamine groups is 1. The zero-order valence-electron chi connectivity index (χ0n) is 15.2. The summed E-state index contributed by atoms with van der Waals surface area (Å²) >= 11 is 0.